The first kappa shape index (κ1) is 17.9. The molecule has 0 aromatic carbocycles. The summed E-state index contributed by atoms with van der Waals surface area (Å²) in [5.41, 5.74) is 1.78. The molecule has 8 heteroatoms. The Kier molecular flexibility index (Phi) is 4.28. The molecule has 4 heterocycles. The second-order valence-corrected chi connectivity index (χ2v) is 8.97. The first-order chi connectivity index (χ1) is 13.6. The Morgan fingerprint density at radius 3 is 2.79 bits per heavy atom. The van der Waals surface area contributed by atoms with E-state index in [0.29, 0.717) is 17.2 Å². The number of carbonyl (C=O) groups excluding carboxylic acids is 2. The zero-order valence-corrected chi connectivity index (χ0v) is 16.8. The number of piperidine rings is 1. The first-order valence-corrected chi connectivity index (χ1v) is 11.0. The molecular formula is C20H25N5O2S. The number of aromatic nitrogens is 2. The van der Waals surface area contributed by atoms with Crippen LogP contribution in [0.15, 0.2) is 17.5 Å². The van der Waals surface area contributed by atoms with Crippen LogP contribution in [0, 0.1) is 5.92 Å². The van der Waals surface area contributed by atoms with E-state index in [0.717, 1.165) is 56.6 Å². The smallest absolute Gasteiger partial charge is 0.266 e. The molecule has 28 heavy (non-hydrogen) atoms. The van der Waals surface area contributed by atoms with Crippen LogP contribution in [0.1, 0.15) is 53.5 Å². The highest BCUT2D eigenvalue weighted by Crippen LogP contribution is 2.57. The van der Waals surface area contributed by atoms with Crippen LogP contribution in [0.5, 0.6) is 0 Å². The Morgan fingerprint density at radius 1 is 1.36 bits per heavy atom. The SMILES string of the molecule is CCN1CCC(C(=O)N2Cc3c(NC(=O)c4cccs4)n[nH]c3C23CC3)CC1. The molecule has 7 nitrogen and oxygen atoms in total. The first-order valence-electron chi connectivity index (χ1n) is 10.1. The molecule has 5 rings (SSSR count). The van der Waals surface area contributed by atoms with Crippen molar-refractivity contribution < 1.29 is 9.59 Å². The number of amides is 2. The molecule has 1 saturated carbocycles. The molecule has 1 aliphatic carbocycles. The van der Waals surface area contributed by atoms with E-state index in [4.69, 9.17) is 0 Å². The Hall–Kier alpha value is -2.19. The van der Waals surface area contributed by atoms with Crippen molar-refractivity contribution in [2.75, 3.05) is 25.0 Å². The van der Waals surface area contributed by atoms with E-state index in [1.807, 2.05) is 11.4 Å². The van der Waals surface area contributed by atoms with Crippen LogP contribution in [0.2, 0.25) is 0 Å². The van der Waals surface area contributed by atoms with Crippen LogP contribution in [0.25, 0.3) is 0 Å². The van der Waals surface area contributed by atoms with Crippen molar-refractivity contribution in [3.63, 3.8) is 0 Å². The van der Waals surface area contributed by atoms with Crippen molar-refractivity contribution in [2.24, 2.45) is 5.92 Å². The van der Waals surface area contributed by atoms with Gasteiger partial charge in [0.2, 0.25) is 5.91 Å². The van der Waals surface area contributed by atoms with E-state index in [2.05, 4.69) is 32.2 Å². The van der Waals surface area contributed by atoms with Crippen LogP contribution in [-0.4, -0.2) is 51.4 Å². The highest BCUT2D eigenvalue weighted by atomic mass is 32.1. The summed E-state index contributed by atoms with van der Waals surface area (Å²) in [6, 6.07) is 3.66. The van der Waals surface area contributed by atoms with Crippen molar-refractivity contribution in [3.05, 3.63) is 33.6 Å². The number of hydrogen-bond acceptors (Lipinski definition) is 5. The topological polar surface area (TPSA) is 81.3 Å². The molecule has 1 saturated heterocycles. The maximum absolute atomic E-state index is 13.3. The molecule has 3 aliphatic rings. The standard InChI is InChI=1S/C20H25N5O2S/c1-2-24-9-5-13(6-10-24)19(27)25-12-14-16(20(25)7-8-20)22-23-17(14)21-18(26)15-4-3-11-28-15/h3-4,11,13H,2,5-10,12H2,1H3,(H2,21,22,23,26). The third-order valence-electron chi connectivity index (χ3n) is 6.52. The number of likely N-dealkylation sites (tertiary alicyclic amines) is 1. The molecule has 0 radical (unpaired) electrons. The molecule has 148 valence electrons. The molecular weight excluding hydrogens is 374 g/mol. The van der Waals surface area contributed by atoms with E-state index in [1.165, 1.54) is 11.3 Å². The van der Waals surface area contributed by atoms with Crippen LogP contribution in [-0.2, 0) is 16.9 Å². The summed E-state index contributed by atoms with van der Waals surface area (Å²) in [5.74, 6) is 0.802. The molecule has 0 atom stereocenters. The van der Waals surface area contributed by atoms with Gasteiger partial charge in [-0.15, -0.1) is 11.3 Å². The molecule has 2 aromatic heterocycles. The Bertz CT molecular complexity index is 894. The van der Waals surface area contributed by atoms with Gasteiger partial charge in [-0.1, -0.05) is 13.0 Å². The van der Waals surface area contributed by atoms with Crippen molar-refractivity contribution in [2.45, 2.75) is 44.7 Å². The molecule has 2 fully saturated rings. The summed E-state index contributed by atoms with van der Waals surface area (Å²) in [7, 11) is 0. The van der Waals surface area contributed by atoms with E-state index in [-0.39, 0.29) is 23.3 Å². The number of nitrogens with one attached hydrogen (secondary N) is 2. The van der Waals surface area contributed by atoms with E-state index in [1.54, 1.807) is 6.07 Å². The van der Waals surface area contributed by atoms with E-state index < -0.39 is 0 Å². The average Bonchev–Trinajstić information content (AvgIpc) is 3.07. The largest absolute Gasteiger partial charge is 0.327 e. The lowest BCUT2D eigenvalue weighted by Gasteiger charge is -2.34. The van der Waals surface area contributed by atoms with Gasteiger partial charge in [0, 0.05) is 11.5 Å². The van der Waals surface area contributed by atoms with Gasteiger partial charge in [-0.3, -0.25) is 14.7 Å². The van der Waals surface area contributed by atoms with Crippen LogP contribution >= 0.6 is 11.3 Å². The number of rotatable bonds is 4. The summed E-state index contributed by atoms with van der Waals surface area (Å²) in [5, 5.41) is 12.3. The monoisotopic (exact) mass is 399 g/mol. The lowest BCUT2D eigenvalue weighted by molar-refractivity contribution is -0.140. The molecule has 0 unspecified atom stereocenters. The Labute approximate surface area is 168 Å². The number of fused-ring (bicyclic) bond motifs is 2. The quantitative estimate of drug-likeness (QED) is 0.828. The second-order valence-electron chi connectivity index (χ2n) is 8.02. The molecule has 2 aromatic rings. The molecule has 2 amide bonds. The molecule has 1 spiro atoms. The highest BCUT2D eigenvalue weighted by Gasteiger charge is 2.59. The van der Waals surface area contributed by atoms with Crippen molar-refractivity contribution in [1.82, 2.24) is 20.0 Å². The third kappa shape index (κ3) is 2.78. The van der Waals surface area contributed by atoms with Gasteiger partial charge < -0.3 is 15.1 Å². The predicted octanol–water partition coefficient (Wildman–Crippen LogP) is 2.79. The normalized spacial score (nSPS) is 21.1. The highest BCUT2D eigenvalue weighted by molar-refractivity contribution is 7.12. The average molecular weight is 400 g/mol. The van der Waals surface area contributed by atoms with Gasteiger partial charge in [-0.2, -0.15) is 5.10 Å². The van der Waals surface area contributed by atoms with Crippen molar-refractivity contribution in [1.29, 1.82) is 0 Å². The number of H-pyrrole nitrogens is 1. The number of thiophene rings is 1. The maximum atomic E-state index is 13.3. The van der Waals surface area contributed by atoms with Crippen LogP contribution in [0.4, 0.5) is 5.82 Å². The van der Waals surface area contributed by atoms with Gasteiger partial charge in [0.05, 0.1) is 22.7 Å². The lowest BCUT2D eigenvalue weighted by Crippen LogP contribution is -2.44. The minimum atomic E-state index is -0.215. The number of aromatic amines is 1. The van der Waals surface area contributed by atoms with Gasteiger partial charge in [0.25, 0.3) is 5.91 Å². The fraction of sp³-hybridized carbons (Fsp3) is 0.550. The minimum Gasteiger partial charge on any atom is -0.327 e. The van der Waals surface area contributed by atoms with E-state index >= 15 is 0 Å². The second kappa shape index (κ2) is 6.70. The number of nitrogens with zero attached hydrogens (tertiary/aromatic N) is 3. The third-order valence-corrected chi connectivity index (χ3v) is 7.38. The van der Waals surface area contributed by atoms with Crippen molar-refractivity contribution in [3.8, 4) is 0 Å². The van der Waals surface area contributed by atoms with Crippen molar-refractivity contribution >= 4 is 29.0 Å². The number of carbonyl (C=O) groups is 2. The van der Waals surface area contributed by atoms with Gasteiger partial charge in [0.15, 0.2) is 5.82 Å². The summed E-state index contributed by atoms with van der Waals surface area (Å²) < 4.78 is 0. The molecule has 2 N–H and O–H groups in total. The molecule has 2 aliphatic heterocycles. The Balaban J connectivity index is 1.33. The summed E-state index contributed by atoms with van der Waals surface area (Å²) in [4.78, 5) is 30.9. The zero-order valence-electron chi connectivity index (χ0n) is 16.0. The van der Waals surface area contributed by atoms with Gasteiger partial charge >= 0.3 is 0 Å². The lowest BCUT2D eigenvalue weighted by atomic mass is 9.94. The van der Waals surface area contributed by atoms with Gasteiger partial charge in [-0.05, 0) is 56.8 Å². The summed E-state index contributed by atoms with van der Waals surface area (Å²) in [6.45, 7) is 5.77. The van der Waals surface area contributed by atoms with Crippen LogP contribution < -0.4 is 5.32 Å². The molecule has 0 bridgehead atoms. The summed E-state index contributed by atoms with van der Waals surface area (Å²) in [6.07, 6.45) is 3.82. The van der Waals surface area contributed by atoms with Gasteiger partial charge in [0.1, 0.15) is 0 Å². The fourth-order valence-corrected chi connectivity index (χ4v) is 5.29. The number of anilines is 1. The number of hydrogen-bond donors (Lipinski definition) is 2. The van der Waals surface area contributed by atoms with Crippen LogP contribution in [0.3, 0.4) is 0 Å². The summed E-state index contributed by atoms with van der Waals surface area (Å²) >= 11 is 1.41. The maximum Gasteiger partial charge on any atom is 0.266 e. The zero-order chi connectivity index (χ0) is 19.3. The van der Waals surface area contributed by atoms with Gasteiger partial charge in [-0.25, -0.2) is 0 Å². The minimum absolute atomic E-state index is 0.112. The Morgan fingerprint density at radius 2 is 2.14 bits per heavy atom. The fourth-order valence-electron chi connectivity index (χ4n) is 4.67. The van der Waals surface area contributed by atoms with E-state index in [9.17, 15) is 9.59 Å². The predicted molar refractivity (Wildman–Crippen MR) is 107 cm³/mol.